The topological polar surface area (TPSA) is 88.3 Å². The molecule has 7 nitrogen and oxygen atoms in total. The van der Waals surface area contributed by atoms with E-state index in [9.17, 15) is 0 Å². The predicted octanol–water partition coefficient (Wildman–Crippen LogP) is 6.44. The van der Waals surface area contributed by atoms with E-state index in [1.54, 1.807) is 19.4 Å². The quantitative estimate of drug-likeness (QED) is 0.426. The van der Waals surface area contributed by atoms with Crippen LogP contribution in [0.15, 0.2) is 22.9 Å². The van der Waals surface area contributed by atoms with Crippen molar-refractivity contribution in [2.24, 2.45) is 0 Å². The van der Waals surface area contributed by atoms with Gasteiger partial charge in [0.2, 0.25) is 5.88 Å². The molecule has 1 saturated carbocycles. The molecule has 32 heavy (non-hydrogen) atoms. The molecule has 174 valence electrons. The van der Waals surface area contributed by atoms with Crippen LogP contribution in [0.4, 0.5) is 5.82 Å². The third kappa shape index (κ3) is 4.28. The molecule has 3 aromatic heterocycles. The van der Waals surface area contributed by atoms with Crippen LogP contribution in [0, 0.1) is 0 Å². The summed E-state index contributed by atoms with van der Waals surface area (Å²) in [5, 5.41) is 6.04. The summed E-state index contributed by atoms with van der Waals surface area (Å²) in [5.41, 5.74) is 8.13. The Morgan fingerprint density at radius 2 is 1.88 bits per heavy atom. The zero-order valence-electron chi connectivity index (χ0n) is 19.7. The van der Waals surface area contributed by atoms with Crippen molar-refractivity contribution in [2.45, 2.75) is 76.7 Å². The Labute approximate surface area is 195 Å². The van der Waals surface area contributed by atoms with Crippen LogP contribution in [-0.4, -0.2) is 36.3 Å². The van der Waals surface area contributed by atoms with Gasteiger partial charge in [0, 0.05) is 35.5 Å². The molecule has 0 aliphatic heterocycles. The monoisotopic (exact) mass is 476 g/mol. The highest BCUT2D eigenvalue weighted by molar-refractivity contribution is 6.74. The Bertz CT molecular complexity index is 1110. The summed E-state index contributed by atoms with van der Waals surface area (Å²) in [6, 6.07) is 2.06. The second-order valence-corrected chi connectivity index (χ2v) is 15.3. The van der Waals surface area contributed by atoms with Crippen LogP contribution in [0.2, 0.25) is 23.4 Å². The number of nitrogens with zero attached hydrogens (tertiary/aromatic N) is 3. The van der Waals surface area contributed by atoms with E-state index in [0.717, 1.165) is 42.2 Å². The van der Waals surface area contributed by atoms with E-state index < -0.39 is 8.32 Å². The molecule has 1 aliphatic carbocycles. The summed E-state index contributed by atoms with van der Waals surface area (Å²) >= 11 is 6.09. The molecule has 0 unspecified atom stereocenters. The Morgan fingerprint density at radius 3 is 2.50 bits per heavy atom. The van der Waals surface area contributed by atoms with E-state index in [2.05, 4.69) is 38.8 Å². The Morgan fingerprint density at radius 1 is 1.19 bits per heavy atom. The van der Waals surface area contributed by atoms with Gasteiger partial charge in [-0.25, -0.2) is 4.98 Å². The zero-order valence-corrected chi connectivity index (χ0v) is 21.5. The lowest BCUT2D eigenvalue weighted by Gasteiger charge is -2.41. The standard InChI is InChI=1S/C23H33ClN4O3Si/c1-23(2,3)32(5,6)31-15-9-7-14(8-10-15)28-13-18(22(27-28)29-4)17-12-26-21(25)20-16(17)11-19(24)30-20/h11-15H,7-10H2,1-6H3,(H2,25,26). The maximum Gasteiger partial charge on any atom is 0.240 e. The summed E-state index contributed by atoms with van der Waals surface area (Å²) in [7, 11) is -0.127. The maximum atomic E-state index is 6.65. The van der Waals surface area contributed by atoms with E-state index in [4.69, 9.17) is 36.0 Å². The largest absolute Gasteiger partial charge is 0.479 e. The van der Waals surface area contributed by atoms with Crippen LogP contribution in [0.1, 0.15) is 52.5 Å². The molecule has 0 spiro atoms. The molecule has 1 fully saturated rings. The molecule has 3 heterocycles. The van der Waals surface area contributed by atoms with Gasteiger partial charge in [-0.15, -0.1) is 5.10 Å². The molecule has 1 aliphatic rings. The lowest BCUT2D eigenvalue weighted by Crippen LogP contribution is -2.44. The minimum atomic E-state index is -1.76. The second kappa shape index (κ2) is 8.39. The van der Waals surface area contributed by atoms with Gasteiger partial charge in [-0.1, -0.05) is 20.8 Å². The predicted molar refractivity (Wildman–Crippen MR) is 131 cm³/mol. The smallest absolute Gasteiger partial charge is 0.240 e. The van der Waals surface area contributed by atoms with Crippen molar-refractivity contribution >= 4 is 36.7 Å². The first-order valence-electron chi connectivity index (χ1n) is 11.1. The zero-order chi connectivity index (χ0) is 23.3. The van der Waals surface area contributed by atoms with Crippen molar-refractivity contribution in [3.63, 3.8) is 0 Å². The van der Waals surface area contributed by atoms with Gasteiger partial charge in [-0.05, 0) is 55.4 Å². The van der Waals surface area contributed by atoms with Crippen molar-refractivity contribution in [1.29, 1.82) is 0 Å². The van der Waals surface area contributed by atoms with Crippen molar-refractivity contribution < 1.29 is 13.6 Å². The van der Waals surface area contributed by atoms with Crippen molar-refractivity contribution in [2.75, 3.05) is 12.8 Å². The number of rotatable bonds is 5. The van der Waals surface area contributed by atoms with Gasteiger partial charge in [0.05, 0.1) is 18.7 Å². The fourth-order valence-electron chi connectivity index (χ4n) is 4.15. The van der Waals surface area contributed by atoms with Gasteiger partial charge < -0.3 is 19.3 Å². The van der Waals surface area contributed by atoms with Crippen LogP contribution in [0.25, 0.3) is 22.1 Å². The number of furan rings is 1. The SMILES string of the molecule is COc1nn(C2CCC(O[Si](C)(C)C(C)(C)C)CC2)cc1-c1cnc(N)c2oc(Cl)cc12. The molecule has 0 aromatic carbocycles. The first-order valence-corrected chi connectivity index (χ1v) is 14.4. The van der Waals surface area contributed by atoms with Gasteiger partial charge in [0.1, 0.15) is 0 Å². The van der Waals surface area contributed by atoms with Gasteiger partial charge in [0.15, 0.2) is 24.9 Å². The fourth-order valence-corrected chi connectivity index (χ4v) is 5.76. The van der Waals surface area contributed by atoms with E-state index in [0.29, 0.717) is 29.4 Å². The van der Waals surface area contributed by atoms with E-state index in [1.165, 1.54) is 0 Å². The molecule has 0 amide bonds. The lowest BCUT2D eigenvalue weighted by molar-refractivity contribution is 0.115. The summed E-state index contributed by atoms with van der Waals surface area (Å²) in [5.74, 6) is 0.858. The first-order chi connectivity index (χ1) is 15.0. The van der Waals surface area contributed by atoms with Crippen molar-refractivity contribution in [1.82, 2.24) is 14.8 Å². The average molecular weight is 477 g/mol. The molecule has 4 rings (SSSR count). The summed E-state index contributed by atoms with van der Waals surface area (Å²) < 4.78 is 19.8. The highest BCUT2D eigenvalue weighted by Crippen LogP contribution is 2.42. The fraction of sp³-hybridized carbons (Fsp3) is 0.565. The van der Waals surface area contributed by atoms with E-state index >= 15 is 0 Å². The molecule has 0 bridgehead atoms. The number of methoxy groups -OCH3 is 1. The minimum absolute atomic E-state index is 0.225. The third-order valence-corrected chi connectivity index (χ3v) is 11.7. The van der Waals surface area contributed by atoms with Crippen molar-refractivity contribution in [3.05, 3.63) is 23.7 Å². The summed E-state index contributed by atoms with van der Waals surface area (Å²) in [4.78, 5) is 4.28. The molecular weight excluding hydrogens is 444 g/mol. The number of aromatic nitrogens is 3. The van der Waals surface area contributed by atoms with Crippen molar-refractivity contribution in [3.8, 4) is 17.0 Å². The van der Waals surface area contributed by atoms with Crippen LogP contribution in [-0.2, 0) is 4.43 Å². The molecule has 9 heteroatoms. The first kappa shape index (κ1) is 23.1. The number of nitrogens with two attached hydrogens (primary N) is 1. The number of pyridine rings is 1. The highest BCUT2D eigenvalue weighted by atomic mass is 35.5. The second-order valence-electron chi connectivity index (χ2n) is 10.2. The van der Waals surface area contributed by atoms with E-state index in [-0.39, 0.29) is 10.3 Å². The van der Waals surface area contributed by atoms with Gasteiger partial charge >= 0.3 is 0 Å². The molecule has 2 N–H and O–H groups in total. The molecular formula is C23H33ClN4O3Si. The number of anilines is 1. The molecule has 0 atom stereocenters. The van der Waals surface area contributed by atoms with E-state index in [1.807, 2.05) is 10.9 Å². The molecule has 0 radical (unpaired) electrons. The van der Waals surface area contributed by atoms with Crippen LogP contribution < -0.4 is 10.5 Å². The number of fused-ring (bicyclic) bond motifs is 1. The van der Waals surface area contributed by atoms with Crippen LogP contribution in [0.5, 0.6) is 5.88 Å². The average Bonchev–Trinajstić information content (AvgIpc) is 3.32. The maximum absolute atomic E-state index is 6.65. The Hall–Kier alpha value is -2.03. The lowest BCUT2D eigenvalue weighted by atomic mass is 9.93. The summed E-state index contributed by atoms with van der Waals surface area (Å²) in [6.45, 7) is 11.5. The van der Waals surface area contributed by atoms with Gasteiger partial charge in [-0.3, -0.25) is 4.68 Å². The van der Waals surface area contributed by atoms with Crippen LogP contribution in [0.3, 0.4) is 0 Å². The number of hydrogen-bond donors (Lipinski definition) is 1. The Kier molecular flexibility index (Phi) is 6.07. The number of halogens is 1. The Balaban J connectivity index is 1.55. The normalized spacial score (nSPS) is 20.1. The number of ether oxygens (including phenoxy) is 1. The minimum Gasteiger partial charge on any atom is -0.479 e. The van der Waals surface area contributed by atoms with Crippen LogP contribution >= 0.6 is 11.6 Å². The highest BCUT2D eigenvalue weighted by Gasteiger charge is 2.40. The molecule has 0 saturated heterocycles. The number of hydrogen-bond acceptors (Lipinski definition) is 6. The summed E-state index contributed by atoms with van der Waals surface area (Å²) in [6.07, 6.45) is 8.22. The number of nitrogen functional groups attached to an aromatic ring is 1. The van der Waals surface area contributed by atoms with Gasteiger partial charge in [0.25, 0.3) is 0 Å². The third-order valence-electron chi connectivity index (χ3n) is 7.02. The van der Waals surface area contributed by atoms with Gasteiger partial charge in [-0.2, -0.15) is 0 Å². The molecule has 3 aromatic rings.